The Morgan fingerprint density at radius 3 is 2.62 bits per heavy atom. The zero-order valence-corrected chi connectivity index (χ0v) is 22.1. The van der Waals surface area contributed by atoms with Crippen LogP contribution in [0.15, 0.2) is 29.2 Å². The number of carbonyl (C=O) groups is 2. The first-order valence-electron chi connectivity index (χ1n) is 13.0. The van der Waals surface area contributed by atoms with Gasteiger partial charge in [0.1, 0.15) is 0 Å². The Morgan fingerprint density at radius 2 is 1.88 bits per heavy atom. The molecule has 3 fully saturated rings. The van der Waals surface area contributed by atoms with E-state index < -0.39 is 0 Å². The highest BCUT2D eigenvalue weighted by molar-refractivity contribution is 8.04. The van der Waals surface area contributed by atoms with Crippen LogP contribution in [0, 0.1) is 24.7 Å². The number of likely N-dealkylation sites (tertiary alicyclic amines) is 1. The molecule has 5 atom stereocenters. The second kappa shape index (κ2) is 11.3. The molecular weight excluding hydrogens is 442 g/mol. The summed E-state index contributed by atoms with van der Waals surface area (Å²) in [5.41, 5.74) is 2.28. The van der Waals surface area contributed by atoms with Crippen LogP contribution in [0.4, 0.5) is 0 Å². The van der Waals surface area contributed by atoms with E-state index in [-0.39, 0.29) is 23.8 Å². The number of fused-ring (bicyclic) bond motifs is 1. The lowest BCUT2D eigenvalue weighted by molar-refractivity contribution is -0.131. The van der Waals surface area contributed by atoms with E-state index in [1.165, 1.54) is 25.1 Å². The van der Waals surface area contributed by atoms with Crippen molar-refractivity contribution in [3.8, 4) is 0 Å². The van der Waals surface area contributed by atoms with Crippen LogP contribution in [0.2, 0.25) is 0 Å². The molecule has 1 aromatic rings. The molecule has 0 aromatic heterocycles. The molecule has 4 rings (SSSR count). The summed E-state index contributed by atoms with van der Waals surface area (Å²) in [6.45, 7) is 10.9. The molecule has 1 aromatic carbocycles. The number of rotatable bonds is 6. The lowest BCUT2D eigenvalue weighted by atomic mass is 9.83. The van der Waals surface area contributed by atoms with Gasteiger partial charge in [0.2, 0.25) is 5.91 Å². The summed E-state index contributed by atoms with van der Waals surface area (Å²) in [6.07, 6.45) is 7.02. The third-order valence-corrected chi connectivity index (χ3v) is 9.20. The van der Waals surface area contributed by atoms with Gasteiger partial charge in [0.25, 0.3) is 5.91 Å². The number of likely N-dealkylation sites (N-methyl/N-ethyl adjacent to an activating group) is 1. The molecule has 1 N–H and O–H groups in total. The molecule has 5 unspecified atom stereocenters. The van der Waals surface area contributed by atoms with Crippen LogP contribution in [0.1, 0.15) is 57.1 Å². The van der Waals surface area contributed by atoms with Crippen LogP contribution >= 0.6 is 11.8 Å². The van der Waals surface area contributed by atoms with Crippen molar-refractivity contribution in [3.05, 3.63) is 40.3 Å². The topological polar surface area (TPSA) is 52.7 Å². The summed E-state index contributed by atoms with van der Waals surface area (Å²) < 4.78 is 0. The number of hydrogen-bond donors (Lipinski definition) is 1. The average Bonchev–Trinajstić information content (AvgIpc) is 2.80. The molecule has 34 heavy (non-hydrogen) atoms. The summed E-state index contributed by atoms with van der Waals surface area (Å²) in [6, 6.07) is 8.31. The van der Waals surface area contributed by atoms with Gasteiger partial charge in [-0.3, -0.25) is 9.59 Å². The van der Waals surface area contributed by atoms with Gasteiger partial charge in [-0.1, -0.05) is 38.1 Å². The van der Waals surface area contributed by atoms with Crippen molar-refractivity contribution in [1.82, 2.24) is 15.1 Å². The fourth-order valence-corrected chi connectivity index (χ4v) is 7.53. The molecule has 2 saturated heterocycles. The minimum atomic E-state index is 0.00836. The van der Waals surface area contributed by atoms with E-state index in [4.69, 9.17) is 0 Å². The van der Waals surface area contributed by atoms with E-state index >= 15 is 0 Å². The van der Waals surface area contributed by atoms with E-state index in [2.05, 4.69) is 43.1 Å². The molecule has 0 bridgehead atoms. The number of benzene rings is 1. The third kappa shape index (κ3) is 6.06. The van der Waals surface area contributed by atoms with Crippen molar-refractivity contribution in [3.63, 3.8) is 0 Å². The van der Waals surface area contributed by atoms with Gasteiger partial charge in [0, 0.05) is 43.9 Å². The van der Waals surface area contributed by atoms with Crippen molar-refractivity contribution < 1.29 is 9.59 Å². The van der Waals surface area contributed by atoms with Crippen molar-refractivity contribution in [2.75, 3.05) is 33.2 Å². The predicted octanol–water partition coefficient (Wildman–Crippen LogP) is 4.56. The van der Waals surface area contributed by atoms with Crippen molar-refractivity contribution in [2.24, 2.45) is 17.8 Å². The van der Waals surface area contributed by atoms with Gasteiger partial charge in [-0.25, -0.2) is 0 Å². The number of carbonyl (C=O) groups excluding carboxylic acids is 2. The SMILES string of the molecule is Cc1ccccc1/C=C1\SC2CCC(C(=O)NCCCN3CC(C)CC(C)C3)CC2N(C)C1=O. The van der Waals surface area contributed by atoms with Gasteiger partial charge in [-0.15, -0.1) is 11.8 Å². The molecule has 6 heteroatoms. The number of nitrogens with zero attached hydrogens (tertiary/aromatic N) is 2. The van der Waals surface area contributed by atoms with E-state index in [1.807, 2.05) is 30.2 Å². The molecule has 0 spiro atoms. The number of nitrogens with one attached hydrogen (secondary N) is 1. The lowest BCUT2D eigenvalue weighted by Gasteiger charge is -2.44. The number of amides is 2. The Balaban J connectivity index is 1.27. The number of aryl methyl sites for hydroxylation is 1. The Bertz CT molecular complexity index is 907. The van der Waals surface area contributed by atoms with Crippen LogP contribution in [0.3, 0.4) is 0 Å². The Hall–Kier alpha value is -1.79. The second-order valence-corrected chi connectivity index (χ2v) is 12.1. The van der Waals surface area contributed by atoms with Crippen molar-refractivity contribution >= 4 is 29.7 Å². The van der Waals surface area contributed by atoms with Crippen molar-refractivity contribution in [2.45, 2.75) is 64.2 Å². The zero-order valence-electron chi connectivity index (χ0n) is 21.3. The smallest absolute Gasteiger partial charge is 0.260 e. The van der Waals surface area contributed by atoms with Gasteiger partial charge in [0.05, 0.1) is 4.91 Å². The Kier molecular flexibility index (Phi) is 8.41. The van der Waals surface area contributed by atoms with Gasteiger partial charge in [-0.2, -0.15) is 0 Å². The normalized spacial score (nSPS) is 31.4. The number of hydrogen-bond acceptors (Lipinski definition) is 4. The third-order valence-electron chi connectivity index (χ3n) is 7.80. The largest absolute Gasteiger partial charge is 0.356 e. The van der Waals surface area contributed by atoms with E-state index in [1.54, 1.807) is 11.8 Å². The summed E-state index contributed by atoms with van der Waals surface area (Å²) in [5.74, 6) is 1.81. The van der Waals surface area contributed by atoms with Crippen LogP contribution in [0.25, 0.3) is 6.08 Å². The van der Waals surface area contributed by atoms with Gasteiger partial charge >= 0.3 is 0 Å². The summed E-state index contributed by atoms with van der Waals surface area (Å²) in [5, 5.41) is 3.56. The number of piperidine rings is 1. The van der Waals surface area contributed by atoms with Gasteiger partial charge in [0.15, 0.2) is 0 Å². The minimum absolute atomic E-state index is 0.00836. The highest BCUT2D eigenvalue weighted by Crippen LogP contribution is 2.43. The summed E-state index contributed by atoms with van der Waals surface area (Å²) in [4.78, 5) is 31.3. The maximum atomic E-state index is 13.1. The Morgan fingerprint density at radius 1 is 1.15 bits per heavy atom. The first-order chi connectivity index (χ1) is 16.3. The van der Waals surface area contributed by atoms with Crippen LogP contribution in [0.5, 0.6) is 0 Å². The quantitative estimate of drug-likeness (QED) is 0.476. The number of thioether (sulfide) groups is 1. The molecular formula is C28H41N3O2S. The first kappa shape index (κ1) is 25.3. The van der Waals surface area contributed by atoms with E-state index in [0.29, 0.717) is 5.25 Å². The van der Waals surface area contributed by atoms with E-state index in [9.17, 15) is 9.59 Å². The molecule has 1 saturated carbocycles. The Labute approximate surface area is 209 Å². The molecule has 1 aliphatic carbocycles. The van der Waals surface area contributed by atoms with Gasteiger partial charge in [-0.05, 0) is 74.6 Å². The molecule has 2 heterocycles. The minimum Gasteiger partial charge on any atom is -0.356 e. The molecule has 2 amide bonds. The predicted molar refractivity (Wildman–Crippen MR) is 141 cm³/mol. The fourth-order valence-electron chi connectivity index (χ4n) is 6.06. The first-order valence-corrected chi connectivity index (χ1v) is 13.9. The second-order valence-electron chi connectivity index (χ2n) is 10.9. The molecule has 3 aliphatic rings. The maximum Gasteiger partial charge on any atom is 0.260 e. The van der Waals surface area contributed by atoms with Gasteiger partial charge < -0.3 is 15.1 Å². The lowest BCUT2D eigenvalue weighted by Crippen LogP contribution is -2.52. The maximum absolute atomic E-state index is 13.1. The average molecular weight is 484 g/mol. The summed E-state index contributed by atoms with van der Waals surface area (Å²) in [7, 11) is 1.91. The zero-order chi connectivity index (χ0) is 24.2. The molecule has 186 valence electrons. The van der Waals surface area contributed by atoms with Crippen LogP contribution < -0.4 is 5.32 Å². The van der Waals surface area contributed by atoms with Crippen molar-refractivity contribution in [1.29, 1.82) is 0 Å². The monoisotopic (exact) mass is 483 g/mol. The highest BCUT2D eigenvalue weighted by Gasteiger charge is 2.42. The van der Waals surface area contributed by atoms with E-state index in [0.717, 1.165) is 61.1 Å². The molecule has 0 radical (unpaired) electrons. The molecule has 5 nitrogen and oxygen atoms in total. The summed E-state index contributed by atoms with van der Waals surface area (Å²) >= 11 is 1.71. The fraction of sp³-hybridized carbons (Fsp3) is 0.643. The van der Waals surface area contributed by atoms with Crippen LogP contribution in [-0.4, -0.2) is 66.1 Å². The highest BCUT2D eigenvalue weighted by atomic mass is 32.2. The molecule has 2 aliphatic heterocycles. The van der Waals surface area contributed by atoms with Crippen LogP contribution in [-0.2, 0) is 9.59 Å². The standard InChI is InChI=1S/C28H41N3O2S/c1-19-14-20(2)18-31(17-19)13-7-12-29-27(32)23-10-11-25-24(15-23)30(4)28(33)26(34-25)16-22-9-6-5-8-21(22)3/h5-6,8-9,16,19-20,23-25H,7,10-15,17-18H2,1-4H3,(H,29,32)/b26-16-.